The molecule has 0 fully saturated rings. The van der Waals surface area contributed by atoms with Crippen molar-refractivity contribution in [3.63, 3.8) is 0 Å². The predicted octanol–water partition coefficient (Wildman–Crippen LogP) is 3.96. The average Bonchev–Trinajstić information content (AvgIpc) is 2.89. The van der Waals surface area contributed by atoms with Crippen molar-refractivity contribution >= 4 is 27.7 Å². The molecule has 1 unspecified atom stereocenters. The molecule has 0 saturated heterocycles. The van der Waals surface area contributed by atoms with Gasteiger partial charge in [0, 0.05) is 27.6 Å². The van der Waals surface area contributed by atoms with Crippen molar-refractivity contribution in [3.8, 4) is 0 Å². The zero-order valence-corrected chi connectivity index (χ0v) is 12.6. The Kier molecular flexibility index (Phi) is 5.35. The Morgan fingerprint density at radius 3 is 2.67 bits per heavy atom. The van der Waals surface area contributed by atoms with E-state index in [9.17, 15) is 0 Å². The van der Waals surface area contributed by atoms with Gasteiger partial charge >= 0.3 is 0 Å². The summed E-state index contributed by atoms with van der Waals surface area (Å²) in [4.78, 5) is 1.29. The van der Waals surface area contributed by atoms with Crippen LogP contribution in [0.25, 0.3) is 0 Å². The van der Waals surface area contributed by atoms with Crippen LogP contribution in [0.4, 0.5) is 0 Å². The fourth-order valence-corrected chi connectivity index (χ4v) is 2.91. The summed E-state index contributed by atoms with van der Waals surface area (Å²) in [5.74, 6) is 2.06. The molecule has 96 valence electrons. The number of furan rings is 1. The third-order valence-electron chi connectivity index (χ3n) is 2.70. The van der Waals surface area contributed by atoms with Crippen LogP contribution >= 0.6 is 27.7 Å². The van der Waals surface area contributed by atoms with Gasteiger partial charge in [-0.15, -0.1) is 11.8 Å². The van der Waals surface area contributed by atoms with Crippen LogP contribution < -0.4 is 5.32 Å². The molecule has 0 aliphatic heterocycles. The monoisotopic (exact) mass is 325 g/mol. The van der Waals surface area contributed by atoms with Gasteiger partial charge in [-0.05, 0) is 43.4 Å². The van der Waals surface area contributed by atoms with Crippen molar-refractivity contribution in [3.05, 3.63) is 52.9 Å². The van der Waals surface area contributed by atoms with Crippen LogP contribution in [-0.4, -0.2) is 18.8 Å². The predicted molar refractivity (Wildman–Crippen MR) is 80.1 cm³/mol. The Labute approximate surface area is 120 Å². The average molecular weight is 326 g/mol. The highest BCUT2D eigenvalue weighted by Crippen LogP contribution is 2.22. The molecule has 1 aromatic carbocycles. The third kappa shape index (κ3) is 4.19. The fourth-order valence-electron chi connectivity index (χ4n) is 1.64. The maximum Gasteiger partial charge on any atom is 0.105 e. The number of halogens is 1. The van der Waals surface area contributed by atoms with Crippen LogP contribution in [0.3, 0.4) is 0 Å². The quantitative estimate of drug-likeness (QED) is 0.814. The van der Waals surface area contributed by atoms with E-state index in [4.69, 9.17) is 4.42 Å². The highest BCUT2D eigenvalue weighted by Gasteiger charge is 2.09. The number of benzene rings is 1. The summed E-state index contributed by atoms with van der Waals surface area (Å²) >= 11 is 5.30. The molecule has 0 amide bonds. The number of hydrogen-bond acceptors (Lipinski definition) is 3. The first-order chi connectivity index (χ1) is 8.78. The van der Waals surface area contributed by atoms with Gasteiger partial charge in [0.25, 0.3) is 0 Å². The van der Waals surface area contributed by atoms with Gasteiger partial charge in [-0.1, -0.05) is 15.9 Å². The normalized spacial score (nSPS) is 12.6. The molecule has 1 aromatic heterocycles. The minimum Gasteiger partial charge on any atom is -0.469 e. The molecule has 1 N–H and O–H groups in total. The SMILES string of the molecule is CNC(CSc1ccc(Br)cc1)Cc1ccco1. The maximum absolute atomic E-state index is 5.38. The smallest absolute Gasteiger partial charge is 0.105 e. The van der Waals surface area contributed by atoms with Crippen molar-refractivity contribution in [2.75, 3.05) is 12.8 Å². The highest BCUT2D eigenvalue weighted by atomic mass is 79.9. The van der Waals surface area contributed by atoms with Crippen molar-refractivity contribution < 1.29 is 4.42 Å². The molecule has 0 spiro atoms. The van der Waals surface area contributed by atoms with Crippen LogP contribution in [0.2, 0.25) is 0 Å². The second-order valence-corrected chi connectivity index (χ2v) is 6.04. The summed E-state index contributed by atoms with van der Waals surface area (Å²) in [6, 6.07) is 12.8. The number of likely N-dealkylation sites (N-methyl/N-ethyl adjacent to an activating group) is 1. The Hall–Kier alpha value is -0.710. The Morgan fingerprint density at radius 1 is 1.28 bits per heavy atom. The Bertz CT molecular complexity index is 455. The topological polar surface area (TPSA) is 25.2 Å². The third-order valence-corrected chi connectivity index (χ3v) is 4.40. The molecular weight excluding hydrogens is 310 g/mol. The fraction of sp³-hybridized carbons (Fsp3) is 0.286. The molecule has 18 heavy (non-hydrogen) atoms. The number of rotatable bonds is 6. The largest absolute Gasteiger partial charge is 0.469 e. The summed E-state index contributed by atoms with van der Waals surface area (Å²) in [5.41, 5.74) is 0. The molecule has 2 nitrogen and oxygen atoms in total. The first-order valence-corrected chi connectivity index (χ1v) is 7.64. The lowest BCUT2D eigenvalue weighted by atomic mass is 10.2. The van der Waals surface area contributed by atoms with Crippen molar-refractivity contribution in [1.29, 1.82) is 0 Å². The van der Waals surface area contributed by atoms with Gasteiger partial charge in [0.05, 0.1) is 6.26 Å². The van der Waals surface area contributed by atoms with Gasteiger partial charge in [0.2, 0.25) is 0 Å². The molecule has 4 heteroatoms. The number of hydrogen-bond donors (Lipinski definition) is 1. The van der Waals surface area contributed by atoms with E-state index < -0.39 is 0 Å². The summed E-state index contributed by atoms with van der Waals surface area (Å²) in [6.07, 6.45) is 2.65. The molecule has 0 bridgehead atoms. The van der Waals surface area contributed by atoms with Crippen LogP contribution in [-0.2, 0) is 6.42 Å². The lowest BCUT2D eigenvalue weighted by Crippen LogP contribution is -2.29. The van der Waals surface area contributed by atoms with Crippen molar-refractivity contribution in [1.82, 2.24) is 5.32 Å². The van der Waals surface area contributed by atoms with E-state index in [1.807, 2.05) is 30.9 Å². The molecule has 0 saturated carbocycles. The van der Waals surface area contributed by atoms with Crippen LogP contribution in [0.1, 0.15) is 5.76 Å². The Balaban J connectivity index is 1.85. The van der Waals surface area contributed by atoms with Crippen LogP contribution in [0.5, 0.6) is 0 Å². The maximum atomic E-state index is 5.38. The number of thioether (sulfide) groups is 1. The van der Waals surface area contributed by atoms with Crippen molar-refractivity contribution in [2.24, 2.45) is 0 Å². The highest BCUT2D eigenvalue weighted by molar-refractivity contribution is 9.10. The van der Waals surface area contributed by atoms with Crippen LogP contribution in [0, 0.1) is 0 Å². The molecule has 0 aliphatic rings. The zero-order chi connectivity index (χ0) is 12.8. The number of nitrogens with one attached hydrogen (secondary N) is 1. The molecule has 2 aromatic rings. The first kappa shape index (κ1) is 13.7. The molecular formula is C14H16BrNOS. The van der Waals surface area contributed by atoms with Crippen LogP contribution in [0.15, 0.2) is 56.4 Å². The summed E-state index contributed by atoms with van der Waals surface area (Å²) in [7, 11) is 2.00. The second-order valence-electron chi connectivity index (χ2n) is 4.03. The molecule has 1 atom stereocenters. The molecule has 2 rings (SSSR count). The standard InChI is InChI=1S/C14H16BrNOS/c1-16-12(9-13-3-2-8-17-13)10-18-14-6-4-11(15)5-7-14/h2-8,12,16H,9-10H2,1H3. The minimum absolute atomic E-state index is 0.421. The zero-order valence-electron chi connectivity index (χ0n) is 10.2. The van der Waals surface area contributed by atoms with E-state index in [2.05, 4.69) is 45.5 Å². The van der Waals surface area contributed by atoms with Gasteiger partial charge in [-0.3, -0.25) is 0 Å². The molecule has 0 aliphatic carbocycles. The van der Waals surface area contributed by atoms with Gasteiger partial charge in [0.1, 0.15) is 5.76 Å². The molecule has 1 heterocycles. The van der Waals surface area contributed by atoms with Gasteiger partial charge in [0.15, 0.2) is 0 Å². The first-order valence-electron chi connectivity index (χ1n) is 5.86. The van der Waals surface area contributed by atoms with E-state index in [0.29, 0.717) is 6.04 Å². The molecule has 0 radical (unpaired) electrons. The summed E-state index contributed by atoms with van der Waals surface area (Å²) < 4.78 is 6.50. The lowest BCUT2D eigenvalue weighted by Gasteiger charge is -2.14. The Morgan fingerprint density at radius 2 is 2.06 bits per heavy atom. The van der Waals surface area contributed by atoms with E-state index in [-0.39, 0.29) is 0 Å². The minimum atomic E-state index is 0.421. The van der Waals surface area contributed by atoms with E-state index in [0.717, 1.165) is 22.4 Å². The van der Waals surface area contributed by atoms with Gasteiger partial charge in [-0.25, -0.2) is 0 Å². The van der Waals surface area contributed by atoms with E-state index >= 15 is 0 Å². The summed E-state index contributed by atoms with van der Waals surface area (Å²) in [5, 5.41) is 3.33. The van der Waals surface area contributed by atoms with E-state index in [1.165, 1.54) is 4.90 Å². The lowest BCUT2D eigenvalue weighted by molar-refractivity contribution is 0.474. The summed E-state index contributed by atoms with van der Waals surface area (Å²) in [6.45, 7) is 0. The van der Waals surface area contributed by atoms with Crippen molar-refractivity contribution in [2.45, 2.75) is 17.4 Å². The second kappa shape index (κ2) is 7.02. The van der Waals surface area contributed by atoms with Gasteiger partial charge < -0.3 is 9.73 Å². The van der Waals surface area contributed by atoms with Gasteiger partial charge in [-0.2, -0.15) is 0 Å². The van der Waals surface area contributed by atoms with E-state index in [1.54, 1.807) is 6.26 Å².